The van der Waals surface area contributed by atoms with E-state index in [4.69, 9.17) is 25.8 Å². The van der Waals surface area contributed by atoms with Crippen molar-refractivity contribution >= 4 is 22.9 Å². The third kappa shape index (κ3) is 4.50. The highest BCUT2D eigenvalue weighted by molar-refractivity contribution is 7.14. The first kappa shape index (κ1) is 18.4. The Hall–Kier alpha value is -1.92. The summed E-state index contributed by atoms with van der Waals surface area (Å²) in [7, 11) is 0. The van der Waals surface area contributed by atoms with Gasteiger partial charge in [0.1, 0.15) is 12.7 Å². The minimum absolute atomic E-state index is 0.0411. The fraction of sp³-hybridized carbons (Fsp3) is 0.286. The Balaban J connectivity index is 1.49. The average molecular weight is 402 g/mol. The lowest BCUT2D eigenvalue weighted by Crippen LogP contribution is -2.33. The van der Waals surface area contributed by atoms with Gasteiger partial charge >= 0.3 is 0 Å². The van der Waals surface area contributed by atoms with Crippen molar-refractivity contribution < 1.29 is 14.2 Å². The van der Waals surface area contributed by atoms with Crippen LogP contribution in [0.15, 0.2) is 48.0 Å². The maximum atomic E-state index is 6.41. The summed E-state index contributed by atoms with van der Waals surface area (Å²) in [6.07, 6.45) is 1.72. The number of aromatic nitrogens is 1. The van der Waals surface area contributed by atoms with E-state index in [1.54, 1.807) is 17.5 Å². The third-order valence-corrected chi connectivity index (χ3v) is 5.64. The van der Waals surface area contributed by atoms with Crippen LogP contribution in [-0.2, 0) is 9.47 Å². The number of nitrogens with zero attached hydrogens (tertiary/aromatic N) is 1. The van der Waals surface area contributed by atoms with Gasteiger partial charge in [0.05, 0.1) is 19.8 Å². The first-order valence-electron chi connectivity index (χ1n) is 8.83. The Labute approximate surface area is 167 Å². The molecular weight excluding hydrogens is 382 g/mol. The number of pyridine rings is 1. The van der Waals surface area contributed by atoms with Gasteiger partial charge in [-0.3, -0.25) is 0 Å². The Kier molecular flexibility index (Phi) is 5.74. The molecule has 0 bridgehead atoms. The van der Waals surface area contributed by atoms with E-state index in [0.29, 0.717) is 32.3 Å². The molecule has 1 fully saturated rings. The molecule has 4 rings (SSSR count). The van der Waals surface area contributed by atoms with Crippen LogP contribution < -0.4 is 4.74 Å². The van der Waals surface area contributed by atoms with Crippen LogP contribution in [0.25, 0.3) is 21.6 Å². The molecule has 1 aliphatic heterocycles. The topological polar surface area (TPSA) is 40.6 Å². The van der Waals surface area contributed by atoms with Crippen molar-refractivity contribution in [3.63, 3.8) is 0 Å². The van der Waals surface area contributed by atoms with Crippen LogP contribution in [-0.4, -0.2) is 37.5 Å². The third-order valence-electron chi connectivity index (χ3n) is 4.36. The zero-order chi connectivity index (χ0) is 18.6. The highest BCUT2D eigenvalue weighted by Gasteiger charge is 2.15. The summed E-state index contributed by atoms with van der Waals surface area (Å²) in [6, 6.07) is 12.2. The van der Waals surface area contributed by atoms with E-state index in [1.807, 2.05) is 25.1 Å². The predicted octanol–water partition coefficient (Wildman–Crippen LogP) is 5.23. The van der Waals surface area contributed by atoms with Crippen LogP contribution >= 0.6 is 22.9 Å². The second kappa shape index (κ2) is 8.40. The van der Waals surface area contributed by atoms with E-state index in [1.165, 1.54) is 0 Å². The van der Waals surface area contributed by atoms with Gasteiger partial charge < -0.3 is 14.2 Å². The largest absolute Gasteiger partial charge is 0.475 e. The number of halogens is 1. The number of hydrogen-bond acceptors (Lipinski definition) is 5. The number of hydrogen-bond donors (Lipinski definition) is 0. The van der Waals surface area contributed by atoms with Crippen LogP contribution in [0.1, 0.15) is 5.56 Å². The molecule has 140 valence electrons. The molecule has 0 amide bonds. The molecular formula is C21H20ClNO3S. The predicted molar refractivity (Wildman–Crippen MR) is 109 cm³/mol. The highest BCUT2D eigenvalue weighted by atomic mass is 35.5. The second-order valence-corrected chi connectivity index (χ2v) is 7.76. The van der Waals surface area contributed by atoms with Gasteiger partial charge in [0.15, 0.2) is 0 Å². The number of rotatable bonds is 5. The summed E-state index contributed by atoms with van der Waals surface area (Å²) in [5.74, 6) is 0.586. The maximum Gasteiger partial charge on any atom is 0.213 e. The van der Waals surface area contributed by atoms with Gasteiger partial charge in [-0.2, -0.15) is 0 Å². The lowest BCUT2D eigenvalue weighted by atomic mass is 10.1. The van der Waals surface area contributed by atoms with Crippen LogP contribution in [0.5, 0.6) is 5.88 Å². The molecule has 1 saturated heterocycles. The van der Waals surface area contributed by atoms with Crippen molar-refractivity contribution in [2.24, 2.45) is 0 Å². The lowest BCUT2D eigenvalue weighted by molar-refractivity contribution is -0.102. The summed E-state index contributed by atoms with van der Waals surface area (Å²) in [4.78, 5) is 5.44. The molecule has 0 aliphatic carbocycles. The van der Waals surface area contributed by atoms with Crippen molar-refractivity contribution in [2.45, 2.75) is 13.0 Å². The van der Waals surface area contributed by atoms with Gasteiger partial charge in [-0.05, 0) is 47.2 Å². The molecule has 1 atom stereocenters. The van der Waals surface area contributed by atoms with Crippen molar-refractivity contribution in [1.82, 2.24) is 4.98 Å². The molecule has 0 saturated carbocycles. The van der Waals surface area contributed by atoms with Gasteiger partial charge in [-0.15, -0.1) is 11.3 Å². The Morgan fingerprint density at radius 1 is 1.19 bits per heavy atom. The summed E-state index contributed by atoms with van der Waals surface area (Å²) in [5.41, 5.74) is 4.39. The molecule has 1 aromatic carbocycles. The quantitative estimate of drug-likeness (QED) is 0.586. The maximum absolute atomic E-state index is 6.41. The lowest BCUT2D eigenvalue weighted by Gasteiger charge is -2.22. The second-order valence-electron chi connectivity index (χ2n) is 6.44. The molecule has 6 heteroatoms. The number of thiophene rings is 1. The van der Waals surface area contributed by atoms with E-state index in [-0.39, 0.29) is 6.10 Å². The first-order valence-corrected chi connectivity index (χ1v) is 10.1. The SMILES string of the molecule is Cc1ccc(-c2cc(-c3ccnc(OCC4COCCO4)c3)cs2)c(Cl)c1. The van der Waals surface area contributed by atoms with E-state index in [0.717, 1.165) is 32.2 Å². The Bertz CT molecular complexity index is 921. The standard InChI is InChI=1S/C21H20ClNO3S/c1-14-2-3-18(19(22)8-14)20-9-16(13-27-20)15-4-5-23-21(10-15)26-12-17-11-24-6-7-25-17/h2-5,8-10,13,17H,6-7,11-12H2,1H3. The number of aryl methyl sites for hydroxylation is 1. The summed E-state index contributed by atoms with van der Waals surface area (Å²) in [6.45, 7) is 4.30. The van der Waals surface area contributed by atoms with Crippen molar-refractivity contribution in [3.05, 3.63) is 58.6 Å². The summed E-state index contributed by atoms with van der Waals surface area (Å²) < 4.78 is 16.8. The molecule has 2 aromatic heterocycles. The number of benzene rings is 1. The van der Waals surface area contributed by atoms with Crippen molar-refractivity contribution in [1.29, 1.82) is 0 Å². The fourth-order valence-corrected chi connectivity index (χ4v) is 4.28. The number of ether oxygens (including phenoxy) is 3. The van der Waals surface area contributed by atoms with Gasteiger partial charge in [0.25, 0.3) is 0 Å². The average Bonchev–Trinajstić information content (AvgIpc) is 3.17. The molecule has 0 spiro atoms. The molecule has 0 radical (unpaired) electrons. The minimum atomic E-state index is -0.0411. The van der Waals surface area contributed by atoms with Crippen LogP contribution in [0, 0.1) is 6.92 Å². The fourth-order valence-electron chi connectivity index (χ4n) is 2.93. The highest BCUT2D eigenvalue weighted by Crippen LogP contribution is 2.37. The van der Waals surface area contributed by atoms with Crippen LogP contribution in [0.3, 0.4) is 0 Å². The summed E-state index contributed by atoms with van der Waals surface area (Å²) >= 11 is 8.09. The molecule has 0 N–H and O–H groups in total. The van der Waals surface area contributed by atoms with Crippen molar-refractivity contribution in [2.75, 3.05) is 26.4 Å². The molecule has 3 aromatic rings. The van der Waals surface area contributed by atoms with E-state index < -0.39 is 0 Å². The zero-order valence-corrected chi connectivity index (χ0v) is 16.6. The van der Waals surface area contributed by atoms with Crippen LogP contribution in [0.4, 0.5) is 0 Å². The van der Waals surface area contributed by atoms with E-state index >= 15 is 0 Å². The molecule has 27 heavy (non-hydrogen) atoms. The Morgan fingerprint density at radius 2 is 2.11 bits per heavy atom. The first-order chi connectivity index (χ1) is 13.2. The van der Waals surface area contributed by atoms with Crippen LogP contribution in [0.2, 0.25) is 5.02 Å². The zero-order valence-electron chi connectivity index (χ0n) is 15.0. The molecule has 3 heterocycles. The van der Waals surface area contributed by atoms with Crippen molar-refractivity contribution in [3.8, 4) is 27.4 Å². The van der Waals surface area contributed by atoms with Gasteiger partial charge in [0, 0.05) is 27.7 Å². The molecule has 1 unspecified atom stereocenters. The van der Waals surface area contributed by atoms with Gasteiger partial charge in [-0.1, -0.05) is 23.7 Å². The Morgan fingerprint density at radius 3 is 2.93 bits per heavy atom. The minimum Gasteiger partial charge on any atom is -0.475 e. The summed E-state index contributed by atoms with van der Waals surface area (Å²) in [5, 5.41) is 2.90. The smallest absolute Gasteiger partial charge is 0.213 e. The molecule has 1 aliphatic rings. The molecule has 4 nitrogen and oxygen atoms in total. The van der Waals surface area contributed by atoms with Gasteiger partial charge in [-0.25, -0.2) is 4.98 Å². The van der Waals surface area contributed by atoms with E-state index in [9.17, 15) is 0 Å². The van der Waals surface area contributed by atoms with E-state index in [2.05, 4.69) is 28.6 Å². The normalized spacial score (nSPS) is 17.0. The monoisotopic (exact) mass is 401 g/mol. The van der Waals surface area contributed by atoms with Gasteiger partial charge in [0.2, 0.25) is 5.88 Å².